The molecule has 1 aliphatic heterocycles. The van der Waals surface area contributed by atoms with Gasteiger partial charge < -0.3 is 19.7 Å². The van der Waals surface area contributed by atoms with Gasteiger partial charge in [0.05, 0.1) is 4.90 Å². The van der Waals surface area contributed by atoms with Gasteiger partial charge in [-0.1, -0.05) is 30.3 Å². The van der Waals surface area contributed by atoms with Gasteiger partial charge >= 0.3 is 6.03 Å². The van der Waals surface area contributed by atoms with Crippen molar-refractivity contribution in [2.24, 2.45) is 0 Å². The van der Waals surface area contributed by atoms with Crippen molar-refractivity contribution >= 4 is 27.6 Å². The third kappa shape index (κ3) is 5.54. The Balaban J connectivity index is 1.54. The summed E-state index contributed by atoms with van der Waals surface area (Å²) in [5, 5.41) is 2.38. The van der Waals surface area contributed by atoms with E-state index in [0.29, 0.717) is 34.9 Å². The summed E-state index contributed by atoms with van der Waals surface area (Å²) < 4.78 is 64.0. The molecule has 3 aromatic rings. The standard InChI is InChI=1S/C24H21F2N3O6S/c1-29(16-7-10-21-22(12-16)35-14-34-21)23(30)20(11-15-5-3-2-4-6-15)27-24(31)28-36(32,33)17-8-9-18(25)19(26)13-17/h2-10,12-13,20H,11,14H2,1H3,(H2,27,28,31). The topological polar surface area (TPSA) is 114 Å². The molecule has 9 nitrogen and oxygen atoms in total. The lowest BCUT2D eigenvalue weighted by Gasteiger charge is -2.25. The maximum Gasteiger partial charge on any atom is 0.329 e. The summed E-state index contributed by atoms with van der Waals surface area (Å²) in [5.41, 5.74) is 1.16. The summed E-state index contributed by atoms with van der Waals surface area (Å²) in [4.78, 5) is 26.6. The number of anilines is 1. The number of hydrogen-bond acceptors (Lipinski definition) is 6. The Hall–Kier alpha value is -4.19. The zero-order valence-corrected chi connectivity index (χ0v) is 19.7. The van der Waals surface area contributed by atoms with E-state index < -0.39 is 44.5 Å². The van der Waals surface area contributed by atoms with Crippen LogP contribution < -0.4 is 24.4 Å². The average Bonchev–Trinajstić information content (AvgIpc) is 3.32. The maximum absolute atomic E-state index is 13.5. The van der Waals surface area contributed by atoms with E-state index in [0.717, 1.165) is 6.07 Å². The first-order valence-corrected chi connectivity index (χ1v) is 12.1. The van der Waals surface area contributed by atoms with Crippen LogP contribution in [0.4, 0.5) is 19.3 Å². The number of halogens is 2. The number of nitrogens with zero attached hydrogens (tertiary/aromatic N) is 1. The molecule has 0 fully saturated rings. The van der Waals surface area contributed by atoms with Crippen molar-refractivity contribution in [3.63, 3.8) is 0 Å². The second-order valence-electron chi connectivity index (χ2n) is 7.83. The van der Waals surface area contributed by atoms with E-state index in [1.165, 1.54) is 11.9 Å². The van der Waals surface area contributed by atoms with Crippen molar-refractivity contribution in [3.8, 4) is 11.5 Å². The molecule has 0 saturated carbocycles. The number of nitrogens with one attached hydrogen (secondary N) is 2. The van der Waals surface area contributed by atoms with Gasteiger partial charge in [-0.05, 0) is 35.9 Å². The van der Waals surface area contributed by atoms with Gasteiger partial charge in [0.1, 0.15) is 6.04 Å². The third-order valence-corrected chi connectivity index (χ3v) is 6.72. The molecule has 0 aromatic heterocycles. The zero-order chi connectivity index (χ0) is 25.9. The van der Waals surface area contributed by atoms with Gasteiger partial charge in [0.2, 0.25) is 12.7 Å². The van der Waals surface area contributed by atoms with Crippen LogP contribution in [-0.2, 0) is 21.2 Å². The van der Waals surface area contributed by atoms with Gasteiger partial charge in [0.25, 0.3) is 10.0 Å². The molecule has 0 aliphatic carbocycles. The fraction of sp³-hybridized carbons (Fsp3) is 0.167. The lowest BCUT2D eigenvalue weighted by molar-refractivity contribution is -0.120. The van der Waals surface area contributed by atoms with E-state index in [4.69, 9.17) is 9.47 Å². The minimum absolute atomic E-state index is 0.0488. The van der Waals surface area contributed by atoms with Crippen LogP contribution in [0.15, 0.2) is 71.6 Å². The summed E-state index contributed by atoms with van der Waals surface area (Å²) >= 11 is 0. The summed E-state index contributed by atoms with van der Waals surface area (Å²) in [6, 6.07) is 13.2. The highest BCUT2D eigenvalue weighted by atomic mass is 32.2. The largest absolute Gasteiger partial charge is 0.454 e. The molecule has 4 rings (SSSR count). The fourth-order valence-corrected chi connectivity index (χ4v) is 4.44. The van der Waals surface area contributed by atoms with Crippen molar-refractivity contribution in [2.75, 3.05) is 18.7 Å². The number of rotatable bonds is 7. The first-order chi connectivity index (χ1) is 17.1. The lowest BCUT2D eigenvalue weighted by atomic mass is 10.0. The first kappa shape index (κ1) is 24.9. The first-order valence-electron chi connectivity index (χ1n) is 10.6. The van der Waals surface area contributed by atoms with Crippen LogP contribution in [0.5, 0.6) is 11.5 Å². The number of carbonyl (C=O) groups is 2. The second kappa shape index (κ2) is 10.2. The van der Waals surface area contributed by atoms with E-state index in [1.54, 1.807) is 53.3 Å². The monoisotopic (exact) mass is 517 g/mol. The molecule has 36 heavy (non-hydrogen) atoms. The predicted molar refractivity (Wildman–Crippen MR) is 125 cm³/mol. The van der Waals surface area contributed by atoms with Gasteiger partial charge in [-0.3, -0.25) is 4.79 Å². The molecule has 1 atom stereocenters. The molecule has 0 spiro atoms. The number of ether oxygens (including phenoxy) is 2. The van der Waals surface area contributed by atoms with Crippen molar-refractivity contribution in [1.82, 2.24) is 10.0 Å². The minimum Gasteiger partial charge on any atom is -0.454 e. The number of carbonyl (C=O) groups excluding carboxylic acids is 2. The highest BCUT2D eigenvalue weighted by Gasteiger charge is 2.28. The SMILES string of the molecule is CN(C(=O)C(Cc1ccccc1)NC(=O)NS(=O)(=O)c1ccc(F)c(F)c1)c1ccc2c(c1)OCO2. The molecule has 188 valence electrons. The van der Waals surface area contributed by atoms with E-state index >= 15 is 0 Å². The third-order valence-electron chi connectivity index (χ3n) is 5.39. The van der Waals surface area contributed by atoms with Crippen molar-refractivity contribution < 1.29 is 36.3 Å². The summed E-state index contributed by atoms with van der Waals surface area (Å²) in [7, 11) is -3.05. The van der Waals surface area contributed by atoms with Crippen molar-refractivity contribution in [2.45, 2.75) is 17.4 Å². The van der Waals surface area contributed by atoms with E-state index in [9.17, 15) is 26.8 Å². The van der Waals surface area contributed by atoms with E-state index in [1.807, 2.05) is 0 Å². The molecule has 3 amide bonds. The molecular formula is C24H21F2N3O6S. The van der Waals surface area contributed by atoms with Crippen LogP contribution in [-0.4, -0.2) is 40.2 Å². The van der Waals surface area contributed by atoms with Crippen LogP contribution in [0.25, 0.3) is 0 Å². The molecule has 0 radical (unpaired) electrons. The Labute approximate surface area is 205 Å². The van der Waals surface area contributed by atoms with Crippen LogP contribution in [0, 0.1) is 11.6 Å². The van der Waals surface area contributed by atoms with E-state index in [2.05, 4.69) is 5.32 Å². The molecule has 0 saturated heterocycles. The summed E-state index contributed by atoms with van der Waals surface area (Å²) in [5.74, 6) is -2.19. The van der Waals surface area contributed by atoms with Gasteiger partial charge in [-0.25, -0.2) is 26.7 Å². The Morgan fingerprint density at radius 1 is 0.972 bits per heavy atom. The van der Waals surface area contributed by atoms with Crippen LogP contribution >= 0.6 is 0 Å². The smallest absolute Gasteiger partial charge is 0.329 e. The molecule has 1 aliphatic rings. The average molecular weight is 518 g/mol. The van der Waals surface area contributed by atoms with Gasteiger partial charge in [-0.15, -0.1) is 0 Å². The highest BCUT2D eigenvalue weighted by Crippen LogP contribution is 2.35. The number of hydrogen-bond donors (Lipinski definition) is 2. The van der Waals surface area contributed by atoms with Gasteiger partial charge in [0.15, 0.2) is 23.1 Å². The Morgan fingerprint density at radius 2 is 1.69 bits per heavy atom. The summed E-state index contributed by atoms with van der Waals surface area (Å²) in [6.45, 7) is 0.0568. The van der Waals surface area contributed by atoms with Crippen molar-refractivity contribution in [3.05, 3.63) is 83.9 Å². The Morgan fingerprint density at radius 3 is 2.42 bits per heavy atom. The van der Waals surface area contributed by atoms with Crippen LogP contribution in [0.1, 0.15) is 5.56 Å². The lowest BCUT2D eigenvalue weighted by Crippen LogP contribution is -2.52. The predicted octanol–water partition coefficient (Wildman–Crippen LogP) is 2.96. The Kier molecular flexibility index (Phi) is 7.06. The normalized spacial score (nSPS) is 13.1. The summed E-state index contributed by atoms with van der Waals surface area (Å²) in [6.07, 6.45) is 0.0488. The maximum atomic E-state index is 13.5. The number of likely N-dealkylation sites (N-methyl/N-ethyl adjacent to an activating group) is 1. The zero-order valence-electron chi connectivity index (χ0n) is 18.9. The number of sulfonamides is 1. The number of urea groups is 1. The van der Waals surface area contributed by atoms with Crippen molar-refractivity contribution in [1.29, 1.82) is 0 Å². The van der Waals surface area contributed by atoms with Crippen LogP contribution in [0.2, 0.25) is 0 Å². The molecule has 12 heteroatoms. The van der Waals surface area contributed by atoms with Crippen LogP contribution in [0.3, 0.4) is 0 Å². The number of amides is 3. The van der Waals surface area contributed by atoms with Gasteiger partial charge in [0, 0.05) is 25.2 Å². The quantitative estimate of drug-likeness (QED) is 0.498. The second-order valence-corrected chi connectivity index (χ2v) is 9.51. The molecule has 0 bridgehead atoms. The van der Waals surface area contributed by atoms with E-state index in [-0.39, 0.29) is 13.2 Å². The molecular weight excluding hydrogens is 496 g/mol. The number of benzene rings is 3. The fourth-order valence-electron chi connectivity index (χ4n) is 3.52. The van der Waals surface area contributed by atoms with Gasteiger partial charge in [-0.2, -0.15) is 0 Å². The molecule has 1 heterocycles. The minimum atomic E-state index is -4.55. The molecule has 2 N–H and O–H groups in total. The molecule has 1 unspecified atom stereocenters. The number of fused-ring (bicyclic) bond motifs is 1. The Bertz CT molecular complexity index is 1400. The molecule has 3 aromatic carbocycles. The highest BCUT2D eigenvalue weighted by molar-refractivity contribution is 7.90.